The second kappa shape index (κ2) is 5.34. The van der Waals surface area contributed by atoms with Crippen molar-refractivity contribution < 1.29 is 9.59 Å². The number of amides is 2. The minimum atomic E-state index is -0.743. The van der Waals surface area contributed by atoms with Crippen LogP contribution in [0.2, 0.25) is 0 Å². The van der Waals surface area contributed by atoms with Gasteiger partial charge in [0.1, 0.15) is 5.82 Å². The summed E-state index contributed by atoms with van der Waals surface area (Å²) in [6, 6.07) is 7.18. The number of hydrogen-bond donors (Lipinski definition) is 3. The zero-order chi connectivity index (χ0) is 13.8. The lowest BCUT2D eigenvalue weighted by atomic mass is 10.2. The first kappa shape index (κ1) is 12.8. The molecule has 19 heavy (non-hydrogen) atoms. The van der Waals surface area contributed by atoms with E-state index in [9.17, 15) is 9.59 Å². The molecule has 3 N–H and O–H groups in total. The van der Waals surface area contributed by atoms with Crippen LogP contribution in [0, 0.1) is 13.8 Å². The molecule has 2 rings (SSSR count). The Balaban J connectivity index is 1.98. The van der Waals surface area contributed by atoms with Crippen LogP contribution in [0.25, 0.3) is 0 Å². The highest BCUT2D eigenvalue weighted by Crippen LogP contribution is 2.10. The lowest BCUT2D eigenvalue weighted by Gasteiger charge is -2.06. The van der Waals surface area contributed by atoms with Crippen LogP contribution in [-0.2, 0) is 9.59 Å². The van der Waals surface area contributed by atoms with Gasteiger partial charge >= 0.3 is 11.8 Å². The Morgan fingerprint density at radius 3 is 2.26 bits per heavy atom. The molecule has 1 aromatic heterocycles. The van der Waals surface area contributed by atoms with Gasteiger partial charge in [0.2, 0.25) is 0 Å². The normalized spacial score (nSPS) is 10.0. The van der Waals surface area contributed by atoms with Crippen LogP contribution >= 0.6 is 0 Å². The highest BCUT2D eigenvalue weighted by Gasteiger charge is 2.15. The Hall–Kier alpha value is -2.63. The molecule has 6 heteroatoms. The topological polar surface area (TPSA) is 86.9 Å². The maximum absolute atomic E-state index is 11.7. The van der Waals surface area contributed by atoms with E-state index in [-0.39, 0.29) is 0 Å². The maximum atomic E-state index is 11.7. The molecule has 0 radical (unpaired) electrons. The molecule has 6 nitrogen and oxygen atoms in total. The third kappa shape index (κ3) is 3.19. The average Bonchev–Trinajstić information content (AvgIpc) is 2.78. The summed E-state index contributed by atoms with van der Waals surface area (Å²) in [7, 11) is 0. The molecular weight excluding hydrogens is 244 g/mol. The molecule has 0 spiro atoms. The van der Waals surface area contributed by atoms with Gasteiger partial charge in [-0.05, 0) is 26.0 Å². The van der Waals surface area contributed by atoms with Gasteiger partial charge in [-0.25, -0.2) is 0 Å². The SMILES string of the molecule is Cc1ccc(NC(=O)C(=O)Nc2[nH]ncc2C)cc1. The first-order chi connectivity index (χ1) is 9.06. The lowest BCUT2D eigenvalue weighted by Crippen LogP contribution is -2.29. The van der Waals surface area contributed by atoms with Gasteiger partial charge in [-0.15, -0.1) is 0 Å². The van der Waals surface area contributed by atoms with Gasteiger partial charge < -0.3 is 10.6 Å². The third-order valence-electron chi connectivity index (χ3n) is 2.58. The number of aryl methyl sites for hydroxylation is 2. The molecule has 0 saturated carbocycles. The zero-order valence-electron chi connectivity index (χ0n) is 10.7. The van der Waals surface area contributed by atoms with Crippen LogP contribution in [0.4, 0.5) is 11.5 Å². The van der Waals surface area contributed by atoms with Crippen molar-refractivity contribution in [2.75, 3.05) is 10.6 Å². The minimum absolute atomic E-state index is 0.420. The fourth-order valence-electron chi connectivity index (χ4n) is 1.47. The van der Waals surface area contributed by atoms with Crippen molar-refractivity contribution in [2.24, 2.45) is 0 Å². The van der Waals surface area contributed by atoms with Crippen molar-refractivity contribution in [1.82, 2.24) is 10.2 Å². The Morgan fingerprint density at radius 1 is 1.05 bits per heavy atom. The standard InChI is InChI=1S/C13H14N4O2/c1-8-3-5-10(6-4-8)15-12(18)13(19)16-11-9(2)7-14-17-11/h3-7H,1-2H3,(H,15,18)(H2,14,16,17,19). The van der Waals surface area contributed by atoms with E-state index in [1.807, 2.05) is 19.1 Å². The van der Waals surface area contributed by atoms with E-state index in [4.69, 9.17) is 0 Å². The molecule has 1 heterocycles. The molecule has 2 amide bonds. The summed E-state index contributed by atoms with van der Waals surface area (Å²) >= 11 is 0. The predicted octanol–water partition coefficient (Wildman–Crippen LogP) is 1.60. The van der Waals surface area contributed by atoms with Crippen molar-refractivity contribution in [3.8, 4) is 0 Å². The molecule has 2 aromatic rings. The number of hydrogen-bond acceptors (Lipinski definition) is 3. The van der Waals surface area contributed by atoms with E-state index in [0.717, 1.165) is 11.1 Å². The number of benzene rings is 1. The number of nitrogens with one attached hydrogen (secondary N) is 3. The van der Waals surface area contributed by atoms with Crippen LogP contribution in [0.15, 0.2) is 30.5 Å². The number of nitrogens with zero attached hydrogens (tertiary/aromatic N) is 1. The molecule has 98 valence electrons. The predicted molar refractivity (Wildman–Crippen MR) is 71.8 cm³/mol. The van der Waals surface area contributed by atoms with Gasteiger partial charge in [-0.1, -0.05) is 17.7 Å². The van der Waals surface area contributed by atoms with Crippen LogP contribution in [0.1, 0.15) is 11.1 Å². The van der Waals surface area contributed by atoms with E-state index in [0.29, 0.717) is 11.5 Å². The number of anilines is 2. The van der Waals surface area contributed by atoms with Gasteiger partial charge in [-0.2, -0.15) is 5.10 Å². The molecule has 0 saturated heterocycles. The highest BCUT2D eigenvalue weighted by molar-refractivity contribution is 6.43. The molecule has 0 unspecified atom stereocenters. The molecule has 0 aliphatic rings. The van der Waals surface area contributed by atoms with Crippen molar-refractivity contribution in [1.29, 1.82) is 0 Å². The summed E-state index contributed by atoms with van der Waals surface area (Å²) in [4.78, 5) is 23.3. The minimum Gasteiger partial charge on any atom is -0.318 e. The van der Waals surface area contributed by atoms with Gasteiger partial charge in [-0.3, -0.25) is 14.7 Å². The van der Waals surface area contributed by atoms with Crippen LogP contribution in [0.5, 0.6) is 0 Å². The van der Waals surface area contributed by atoms with Crippen molar-refractivity contribution in [3.05, 3.63) is 41.6 Å². The summed E-state index contributed by atoms with van der Waals surface area (Å²) in [5.41, 5.74) is 2.42. The number of carbonyl (C=O) groups is 2. The van der Waals surface area contributed by atoms with E-state index >= 15 is 0 Å². The summed E-state index contributed by atoms with van der Waals surface area (Å²) in [5, 5.41) is 11.3. The number of H-pyrrole nitrogens is 1. The first-order valence-corrected chi connectivity index (χ1v) is 5.75. The average molecular weight is 258 g/mol. The molecule has 1 aromatic carbocycles. The van der Waals surface area contributed by atoms with Crippen molar-refractivity contribution in [3.63, 3.8) is 0 Å². The quantitative estimate of drug-likeness (QED) is 0.715. The summed E-state index contributed by atoms with van der Waals surface area (Å²) in [6.45, 7) is 3.72. The van der Waals surface area contributed by atoms with Gasteiger partial charge in [0.25, 0.3) is 0 Å². The molecule has 0 fully saturated rings. The molecule has 0 atom stereocenters. The smallest absolute Gasteiger partial charge is 0.315 e. The second-order valence-corrected chi connectivity index (χ2v) is 4.20. The van der Waals surface area contributed by atoms with Crippen LogP contribution in [-0.4, -0.2) is 22.0 Å². The van der Waals surface area contributed by atoms with Gasteiger partial charge in [0, 0.05) is 11.3 Å². The van der Waals surface area contributed by atoms with E-state index in [1.165, 1.54) is 0 Å². The van der Waals surface area contributed by atoms with E-state index < -0.39 is 11.8 Å². The maximum Gasteiger partial charge on any atom is 0.315 e. The Labute approximate surface area is 110 Å². The van der Waals surface area contributed by atoms with Crippen molar-refractivity contribution in [2.45, 2.75) is 13.8 Å². The summed E-state index contributed by atoms with van der Waals surface area (Å²) in [5.74, 6) is -1.05. The van der Waals surface area contributed by atoms with Crippen LogP contribution < -0.4 is 10.6 Å². The monoisotopic (exact) mass is 258 g/mol. The number of rotatable bonds is 2. The zero-order valence-corrected chi connectivity index (χ0v) is 10.7. The fourth-order valence-corrected chi connectivity index (χ4v) is 1.47. The molecular formula is C13H14N4O2. The number of aromatic nitrogens is 2. The van der Waals surface area contributed by atoms with Crippen LogP contribution in [0.3, 0.4) is 0 Å². The first-order valence-electron chi connectivity index (χ1n) is 5.75. The number of carbonyl (C=O) groups excluding carboxylic acids is 2. The molecule has 0 bridgehead atoms. The van der Waals surface area contributed by atoms with Gasteiger partial charge in [0.05, 0.1) is 6.20 Å². The van der Waals surface area contributed by atoms with Crippen molar-refractivity contribution >= 4 is 23.3 Å². The highest BCUT2D eigenvalue weighted by atomic mass is 16.2. The Bertz CT molecular complexity index is 601. The van der Waals surface area contributed by atoms with Gasteiger partial charge in [0.15, 0.2) is 0 Å². The second-order valence-electron chi connectivity index (χ2n) is 4.20. The summed E-state index contributed by atoms with van der Waals surface area (Å²) < 4.78 is 0. The summed E-state index contributed by atoms with van der Waals surface area (Å²) in [6.07, 6.45) is 1.56. The largest absolute Gasteiger partial charge is 0.318 e. The van der Waals surface area contributed by atoms with E-state index in [2.05, 4.69) is 20.8 Å². The Kier molecular flexibility index (Phi) is 3.61. The van der Waals surface area contributed by atoms with E-state index in [1.54, 1.807) is 25.3 Å². The molecule has 0 aliphatic carbocycles. The lowest BCUT2D eigenvalue weighted by molar-refractivity contribution is -0.133. The Morgan fingerprint density at radius 2 is 1.68 bits per heavy atom. The molecule has 0 aliphatic heterocycles. The third-order valence-corrected chi connectivity index (χ3v) is 2.58. The fraction of sp³-hybridized carbons (Fsp3) is 0.154. The number of aromatic amines is 1.